The van der Waals surface area contributed by atoms with Crippen molar-refractivity contribution in [1.82, 2.24) is 9.38 Å². The summed E-state index contributed by atoms with van der Waals surface area (Å²) >= 11 is 0. The lowest BCUT2D eigenvalue weighted by Crippen LogP contribution is -1.98. The third-order valence-corrected chi connectivity index (χ3v) is 3.83. The van der Waals surface area contributed by atoms with Crippen LogP contribution in [0.1, 0.15) is 11.3 Å². The topological polar surface area (TPSA) is 26.5 Å². The van der Waals surface area contributed by atoms with E-state index >= 15 is 0 Å². The Morgan fingerprint density at radius 1 is 1.00 bits per heavy atom. The highest BCUT2D eigenvalue weighted by Gasteiger charge is 2.07. The van der Waals surface area contributed by atoms with Gasteiger partial charge in [-0.15, -0.1) is 0 Å². The first-order valence-corrected chi connectivity index (χ1v) is 7.35. The highest BCUT2D eigenvalue weighted by molar-refractivity contribution is 5.85. The largest absolute Gasteiger partial charge is 0.485 e. The van der Waals surface area contributed by atoms with E-state index < -0.39 is 0 Å². The molecule has 0 radical (unpaired) electrons. The molecule has 0 aliphatic rings. The van der Waals surface area contributed by atoms with Crippen molar-refractivity contribution in [2.24, 2.45) is 0 Å². The zero-order valence-electron chi connectivity index (χ0n) is 12.4. The Morgan fingerprint density at radius 3 is 2.82 bits per heavy atom. The van der Waals surface area contributed by atoms with E-state index in [-0.39, 0.29) is 0 Å². The number of pyridine rings is 1. The Kier molecular flexibility index (Phi) is 3.04. The van der Waals surface area contributed by atoms with Gasteiger partial charge in [-0.05, 0) is 35.4 Å². The number of rotatable bonds is 3. The molecule has 4 rings (SSSR count). The Balaban J connectivity index is 1.69. The summed E-state index contributed by atoms with van der Waals surface area (Å²) in [6.45, 7) is 2.52. The van der Waals surface area contributed by atoms with Gasteiger partial charge >= 0.3 is 0 Å². The summed E-state index contributed by atoms with van der Waals surface area (Å²) in [6, 6.07) is 18.6. The molecular formula is C19H16N2O. The van der Waals surface area contributed by atoms with Crippen molar-refractivity contribution in [3.05, 3.63) is 78.2 Å². The normalized spacial score (nSPS) is 11.1. The third-order valence-electron chi connectivity index (χ3n) is 3.83. The van der Waals surface area contributed by atoms with Gasteiger partial charge in [0, 0.05) is 12.4 Å². The van der Waals surface area contributed by atoms with Crippen molar-refractivity contribution >= 4 is 16.4 Å². The standard InChI is InChI=1S/C19H16N2O/c1-14-12-21-11-5-10-18(19(21)20-14)22-13-16-8-4-7-15-6-2-3-9-17(15)16/h2-12H,13H2,1H3. The van der Waals surface area contributed by atoms with Crippen molar-refractivity contribution in [3.63, 3.8) is 0 Å². The predicted octanol–water partition coefficient (Wildman–Crippen LogP) is 4.37. The van der Waals surface area contributed by atoms with Gasteiger partial charge in [0.25, 0.3) is 0 Å². The molecule has 4 aromatic rings. The molecular weight excluding hydrogens is 272 g/mol. The Labute approximate surface area is 128 Å². The molecule has 0 atom stereocenters. The van der Waals surface area contributed by atoms with Gasteiger partial charge in [0.1, 0.15) is 6.61 Å². The minimum Gasteiger partial charge on any atom is -0.485 e. The molecule has 0 aliphatic carbocycles. The van der Waals surface area contributed by atoms with E-state index in [2.05, 4.69) is 47.4 Å². The first-order valence-electron chi connectivity index (χ1n) is 7.35. The van der Waals surface area contributed by atoms with Crippen LogP contribution in [0.15, 0.2) is 67.0 Å². The zero-order valence-corrected chi connectivity index (χ0v) is 12.4. The van der Waals surface area contributed by atoms with Gasteiger partial charge in [0.2, 0.25) is 0 Å². The van der Waals surface area contributed by atoms with Crippen LogP contribution >= 0.6 is 0 Å². The average Bonchev–Trinajstić information content (AvgIpc) is 2.93. The van der Waals surface area contributed by atoms with Crippen LogP contribution in [0, 0.1) is 6.92 Å². The minimum absolute atomic E-state index is 0.535. The molecule has 0 saturated carbocycles. The average molecular weight is 288 g/mol. The van der Waals surface area contributed by atoms with Crippen molar-refractivity contribution in [3.8, 4) is 5.75 Å². The highest BCUT2D eigenvalue weighted by Crippen LogP contribution is 2.23. The summed E-state index contributed by atoms with van der Waals surface area (Å²) in [6.07, 6.45) is 3.99. The molecule has 0 amide bonds. The Bertz CT molecular complexity index is 951. The van der Waals surface area contributed by atoms with Crippen LogP contribution in [0.5, 0.6) is 5.75 Å². The maximum absolute atomic E-state index is 6.04. The molecule has 0 unspecified atom stereocenters. The molecule has 2 aromatic heterocycles. The molecule has 0 saturated heterocycles. The number of ether oxygens (including phenoxy) is 1. The number of hydrogen-bond acceptors (Lipinski definition) is 2. The van der Waals surface area contributed by atoms with Gasteiger partial charge in [-0.2, -0.15) is 0 Å². The summed E-state index contributed by atoms with van der Waals surface area (Å²) < 4.78 is 8.04. The monoisotopic (exact) mass is 288 g/mol. The number of hydrogen-bond donors (Lipinski definition) is 0. The van der Waals surface area contributed by atoms with E-state index in [0.717, 1.165) is 17.1 Å². The summed E-state index contributed by atoms with van der Waals surface area (Å²) in [7, 11) is 0. The second-order valence-electron chi connectivity index (χ2n) is 5.41. The molecule has 3 heteroatoms. The number of aryl methyl sites for hydroxylation is 1. The maximum Gasteiger partial charge on any atom is 0.179 e. The van der Waals surface area contributed by atoms with Crippen LogP contribution in [0.25, 0.3) is 16.4 Å². The van der Waals surface area contributed by atoms with Crippen LogP contribution in [-0.2, 0) is 6.61 Å². The first kappa shape index (κ1) is 12.9. The molecule has 2 heterocycles. The first-order chi connectivity index (χ1) is 10.8. The van der Waals surface area contributed by atoms with Crippen molar-refractivity contribution in [2.75, 3.05) is 0 Å². The molecule has 2 aromatic carbocycles. The Morgan fingerprint density at radius 2 is 1.86 bits per heavy atom. The third kappa shape index (κ3) is 2.21. The molecule has 0 N–H and O–H groups in total. The van der Waals surface area contributed by atoms with Crippen molar-refractivity contribution in [2.45, 2.75) is 13.5 Å². The number of benzene rings is 2. The Hall–Kier alpha value is -2.81. The SMILES string of the molecule is Cc1cn2cccc(OCc3cccc4ccccc34)c2n1. The maximum atomic E-state index is 6.04. The summed E-state index contributed by atoms with van der Waals surface area (Å²) in [5, 5.41) is 2.47. The fourth-order valence-corrected chi connectivity index (χ4v) is 2.80. The number of aromatic nitrogens is 2. The molecule has 0 aliphatic heterocycles. The number of imidazole rings is 1. The zero-order chi connectivity index (χ0) is 14.9. The highest BCUT2D eigenvalue weighted by atomic mass is 16.5. The number of fused-ring (bicyclic) bond motifs is 2. The van der Waals surface area contributed by atoms with Crippen LogP contribution in [0.4, 0.5) is 0 Å². The van der Waals surface area contributed by atoms with E-state index in [1.807, 2.05) is 35.9 Å². The fraction of sp³-hybridized carbons (Fsp3) is 0.105. The van der Waals surface area contributed by atoms with Crippen molar-refractivity contribution in [1.29, 1.82) is 0 Å². The van der Waals surface area contributed by atoms with Gasteiger partial charge in [-0.3, -0.25) is 0 Å². The molecule has 0 spiro atoms. The second kappa shape index (κ2) is 5.19. The number of nitrogens with zero attached hydrogens (tertiary/aromatic N) is 2. The lowest BCUT2D eigenvalue weighted by molar-refractivity contribution is 0.309. The molecule has 3 nitrogen and oxygen atoms in total. The van der Waals surface area contributed by atoms with Crippen LogP contribution in [-0.4, -0.2) is 9.38 Å². The van der Waals surface area contributed by atoms with Crippen LogP contribution in [0.3, 0.4) is 0 Å². The lowest BCUT2D eigenvalue weighted by atomic mass is 10.1. The molecule has 0 bridgehead atoms. The summed E-state index contributed by atoms with van der Waals surface area (Å²) in [4.78, 5) is 4.53. The summed E-state index contributed by atoms with van der Waals surface area (Å²) in [5.41, 5.74) is 3.03. The smallest absolute Gasteiger partial charge is 0.179 e. The minimum atomic E-state index is 0.535. The summed E-state index contributed by atoms with van der Waals surface area (Å²) in [5.74, 6) is 0.809. The fourth-order valence-electron chi connectivity index (χ4n) is 2.80. The van der Waals surface area contributed by atoms with E-state index in [1.54, 1.807) is 0 Å². The lowest BCUT2D eigenvalue weighted by Gasteiger charge is -2.09. The van der Waals surface area contributed by atoms with Crippen LogP contribution in [0.2, 0.25) is 0 Å². The quantitative estimate of drug-likeness (QED) is 0.559. The van der Waals surface area contributed by atoms with E-state index in [0.29, 0.717) is 6.61 Å². The predicted molar refractivity (Wildman–Crippen MR) is 88.2 cm³/mol. The molecule has 108 valence electrons. The van der Waals surface area contributed by atoms with E-state index in [4.69, 9.17) is 4.74 Å². The van der Waals surface area contributed by atoms with Gasteiger partial charge in [-0.1, -0.05) is 42.5 Å². The van der Waals surface area contributed by atoms with Gasteiger partial charge in [-0.25, -0.2) is 4.98 Å². The molecule has 0 fully saturated rings. The molecule has 22 heavy (non-hydrogen) atoms. The van der Waals surface area contributed by atoms with Crippen LogP contribution < -0.4 is 4.74 Å². The van der Waals surface area contributed by atoms with E-state index in [9.17, 15) is 0 Å². The second-order valence-corrected chi connectivity index (χ2v) is 5.41. The van der Waals surface area contributed by atoms with Crippen molar-refractivity contribution < 1.29 is 4.74 Å². The van der Waals surface area contributed by atoms with E-state index in [1.165, 1.54) is 16.3 Å². The van der Waals surface area contributed by atoms with Gasteiger partial charge < -0.3 is 9.14 Å². The van der Waals surface area contributed by atoms with Gasteiger partial charge in [0.05, 0.1) is 5.69 Å². The van der Waals surface area contributed by atoms with Gasteiger partial charge in [0.15, 0.2) is 11.4 Å².